The molecule has 2 N–H and O–H groups in total. The van der Waals surface area contributed by atoms with Crippen LogP contribution in [0.1, 0.15) is 32.1 Å². The Morgan fingerprint density at radius 1 is 1.23 bits per heavy atom. The number of ether oxygens (including phenoxy) is 2. The van der Waals surface area contributed by atoms with E-state index in [1.807, 2.05) is 4.90 Å². The molecule has 39 heavy (non-hydrogen) atoms. The van der Waals surface area contributed by atoms with Gasteiger partial charge in [0.1, 0.15) is 35.3 Å². The molecule has 0 spiro atoms. The lowest BCUT2D eigenvalue weighted by atomic mass is 9.95. The zero-order valence-corrected chi connectivity index (χ0v) is 22.9. The van der Waals surface area contributed by atoms with Gasteiger partial charge in [-0.3, -0.25) is 14.7 Å². The van der Waals surface area contributed by atoms with Gasteiger partial charge in [-0.2, -0.15) is 4.98 Å². The van der Waals surface area contributed by atoms with E-state index in [2.05, 4.69) is 31.2 Å². The molecule has 0 radical (unpaired) electrons. The second kappa shape index (κ2) is 10.9. The van der Waals surface area contributed by atoms with Crippen molar-refractivity contribution >= 4 is 38.4 Å². The molecule has 1 aromatic carbocycles. The molecule has 1 aliphatic carbocycles. The van der Waals surface area contributed by atoms with E-state index in [9.17, 15) is 26.7 Å². The molecule has 15 heteroatoms. The van der Waals surface area contributed by atoms with E-state index >= 15 is 4.39 Å². The predicted molar refractivity (Wildman–Crippen MR) is 135 cm³/mol. The van der Waals surface area contributed by atoms with Gasteiger partial charge in [0.15, 0.2) is 11.6 Å². The third-order valence-corrected chi connectivity index (χ3v) is 9.36. The SMILES string of the molecule is O=c1[nH]c(OC[C@@]23CCCN2C[C@H](F)C3)nc2c(F)c(Br)c(Cl)c(OCC(NCC(F)F)C3(C(F)F)CC3)c12. The molecule has 3 atom stereocenters. The standard InChI is InChI=1S/C24H26BrClF6N4O3/c25-15-16(26)19(38-9-12(33-7-13(28)29)24(3-4-24)21(31)32)14-18(17(15)30)34-22(35-20(14)37)39-10-23-2-1-5-36(23)8-11(27)6-23/h11-13,21,33H,1-10H2,(H,34,35,37)/t11-,12?,23+/m1/s1. The molecule has 2 aromatic rings. The summed E-state index contributed by atoms with van der Waals surface area (Å²) in [6.45, 7) is -0.313. The van der Waals surface area contributed by atoms with E-state index in [1.165, 1.54) is 0 Å². The second-order valence-corrected chi connectivity index (χ2v) is 11.6. The first-order chi connectivity index (χ1) is 18.5. The number of hydrogen-bond acceptors (Lipinski definition) is 6. The van der Waals surface area contributed by atoms with Crippen LogP contribution in [-0.2, 0) is 0 Å². The van der Waals surface area contributed by atoms with Gasteiger partial charge in [0.2, 0.25) is 6.43 Å². The Labute approximate surface area is 232 Å². The number of alkyl halides is 5. The van der Waals surface area contributed by atoms with Gasteiger partial charge in [-0.15, -0.1) is 0 Å². The van der Waals surface area contributed by atoms with E-state index in [1.54, 1.807) is 0 Å². The smallest absolute Gasteiger partial charge is 0.297 e. The van der Waals surface area contributed by atoms with Gasteiger partial charge in [0.25, 0.3) is 18.0 Å². The van der Waals surface area contributed by atoms with Crippen molar-refractivity contribution < 1.29 is 35.8 Å². The minimum absolute atomic E-state index is 0.0365. The summed E-state index contributed by atoms with van der Waals surface area (Å²) in [6.07, 6.45) is -4.52. The summed E-state index contributed by atoms with van der Waals surface area (Å²) in [5, 5.41) is 1.67. The maximum atomic E-state index is 15.2. The first kappa shape index (κ1) is 28.7. The number of benzene rings is 1. The monoisotopic (exact) mass is 646 g/mol. The number of hydrogen-bond donors (Lipinski definition) is 2. The Bertz CT molecular complexity index is 1300. The minimum atomic E-state index is -2.80. The summed E-state index contributed by atoms with van der Waals surface area (Å²) in [4.78, 5) is 21.6. The number of fused-ring (bicyclic) bond motifs is 2. The van der Waals surface area contributed by atoms with Crippen LogP contribution in [0.4, 0.5) is 26.3 Å². The van der Waals surface area contributed by atoms with Crippen molar-refractivity contribution in [3.05, 3.63) is 25.7 Å². The number of nitrogens with one attached hydrogen (secondary N) is 2. The average Bonchev–Trinajstić information content (AvgIpc) is 3.51. The summed E-state index contributed by atoms with van der Waals surface area (Å²) in [6, 6.07) is -1.48. The average molecular weight is 648 g/mol. The molecule has 0 amide bonds. The van der Waals surface area contributed by atoms with Crippen LogP contribution in [0.25, 0.3) is 10.9 Å². The predicted octanol–water partition coefficient (Wildman–Crippen LogP) is 5.08. The normalized spacial score (nSPS) is 25.0. The summed E-state index contributed by atoms with van der Waals surface area (Å²) in [7, 11) is 0. The molecule has 1 aromatic heterocycles. The minimum Gasteiger partial charge on any atom is -0.489 e. The highest BCUT2D eigenvalue weighted by Crippen LogP contribution is 2.54. The van der Waals surface area contributed by atoms with Crippen molar-refractivity contribution in [3.8, 4) is 11.8 Å². The number of nitrogens with zero attached hydrogens (tertiary/aromatic N) is 2. The Hall–Kier alpha value is -1.77. The Balaban J connectivity index is 1.43. The number of H-pyrrole nitrogens is 1. The Morgan fingerprint density at radius 3 is 2.64 bits per heavy atom. The van der Waals surface area contributed by atoms with Crippen LogP contribution in [0.5, 0.6) is 11.8 Å². The molecule has 3 fully saturated rings. The molecule has 1 unspecified atom stereocenters. The summed E-state index contributed by atoms with van der Waals surface area (Å²) in [5.74, 6) is -1.33. The maximum absolute atomic E-state index is 15.2. The van der Waals surface area contributed by atoms with Crippen molar-refractivity contribution in [2.24, 2.45) is 5.41 Å². The fourth-order valence-corrected chi connectivity index (χ4v) is 6.38. The largest absolute Gasteiger partial charge is 0.489 e. The third-order valence-electron chi connectivity index (χ3n) is 8.02. The summed E-state index contributed by atoms with van der Waals surface area (Å²) >= 11 is 9.26. The molecule has 1 saturated carbocycles. The van der Waals surface area contributed by atoms with Crippen LogP contribution in [0.15, 0.2) is 9.27 Å². The highest BCUT2D eigenvalue weighted by atomic mass is 79.9. The van der Waals surface area contributed by atoms with Crippen LogP contribution in [0, 0.1) is 11.2 Å². The van der Waals surface area contributed by atoms with Crippen molar-refractivity contribution in [2.45, 2.75) is 62.7 Å². The molecule has 216 valence electrons. The summed E-state index contributed by atoms with van der Waals surface area (Å²) in [5.41, 5.74) is -3.43. The van der Waals surface area contributed by atoms with Crippen LogP contribution >= 0.6 is 27.5 Å². The van der Waals surface area contributed by atoms with Crippen LogP contribution in [0.3, 0.4) is 0 Å². The summed E-state index contributed by atoms with van der Waals surface area (Å²) < 4.78 is 93.6. The highest BCUT2D eigenvalue weighted by Gasteiger charge is 2.57. The first-order valence-corrected chi connectivity index (χ1v) is 13.7. The number of rotatable bonds is 11. The topological polar surface area (TPSA) is 79.5 Å². The van der Waals surface area contributed by atoms with Crippen LogP contribution < -0.4 is 20.3 Å². The molecule has 3 aliphatic rings. The molecule has 2 aliphatic heterocycles. The van der Waals surface area contributed by atoms with Crippen molar-refractivity contribution in [2.75, 3.05) is 32.8 Å². The second-order valence-electron chi connectivity index (χ2n) is 10.4. The van der Waals surface area contributed by atoms with E-state index in [4.69, 9.17) is 21.1 Å². The van der Waals surface area contributed by atoms with Crippen LogP contribution in [-0.4, -0.2) is 78.3 Å². The van der Waals surface area contributed by atoms with E-state index in [0.29, 0.717) is 13.0 Å². The van der Waals surface area contributed by atoms with E-state index < -0.39 is 71.4 Å². The van der Waals surface area contributed by atoms with Crippen molar-refractivity contribution in [3.63, 3.8) is 0 Å². The number of halogens is 8. The van der Waals surface area contributed by atoms with Crippen LogP contribution in [0.2, 0.25) is 5.02 Å². The van der Waals surface area contributed by atoms with Gasteiger partial charge in [-0.1, -0.05) is 11.6 Å². The van der Waals surface area contributed by atoms with Gasteiger partial charge in [0, 0.05) is 18.4 Å². The number of aromatic nitrogens is 2. The quantitative estimate of drug-likeness (QED) is 0.262. The molecule has 2 saturated heterocycles. The van der Waals surface area contributed by atoms with Gasteiger partial charge in [-0.25, -0.2) is 26.3 Å². The zero-order valence-electron chi connectivity index (χ0n) is 20.5. The van der Waals surface area contributed by atoms with E-state index in [0.717, 1.165) is 13.0 Å². The third kappa shape index (κ3) is 5.33. The molecule has 3 heterocycles. The van der Waals surface area contributed by atoms with Gasteiger partial charge in [0.05, 0.1) is 22.6 Å². The first-order valence-electron chi connectivity index (χ1n) is 12.5. The molecule has 0 bridgehead atoms. The Morgan fingerprint density at radius 2 is 1.97 bits per heavy atom. The fraction of sp³-hybridized carbons (Fsp3) is 0.667. The van der Waals surface area contributed by atoms with Gasteiger partial charge in [-0.05, 0) is 48.2 Å². The van der Waals surface area contributed by atoms with Gasteiger partial charge >= 0.3 is 0 Å². The molecule has 7 nitrogen and oxygen atoms in total. The van der Waals surface area contributed by atoms with E-state index in [-0.39, 0.29) is 47.1 Å². The lowest BCUT2D eigenvalue weighted by molar-refractivity contribution is 0.0195. The number of aromatic amines is 1. The lowest BCUT2D eigenvalue weighted by Crippen LogP contribution is -2.47. The van der Waals surface area contributed by atoms with Crippen molar-refractivity contribution in [1.82, 2.24) is 20.2 Å². The molecular formula is C24H26BrClF6N4O3. The Kier molecular flexibility index (Phi) is 8.03. The lowest BCUT2D eigenvalue weighted by Gasteiger charge is -2.30. The van der Waals surface area contributed by atoms with Crippen molar-refractivity contribution in [1.29, 1.82) is 0 Å². The zero-order chi connectivity index (χ0) is 28.1. The molecular weight excluding hydrogens is 622 g/mol. The molecule has 5 rings (SSSR count). The maximum Gasteiger partial charge on any atom is 0.297 e. The highest BCUT2D eigenvalue weighted by molar-refractivity contribution is 9.10. The fourth-order valence-electron chi connectivity index (χ4n) is 5.78. The van der Waals surface area contributed by atoms with Gasteiger partial charge < -0.3 is 14.8 Å².